The number of imidazole rings is 1. The summed E-state index contributed by atoms with van der Waals surface area (Å²) >= 11 is 0. The molecule has 10 nitrogen and oxygen atoms in total. The number of carbonyl (C=O) groups excluding carboxylic acids is 1. The molecule has 3 heterocycles. The smallest absolute Gasteiger partial charge is 0.336 e. The molecule has 0 radical (unpaired) electrons. The molecule has 0 unspecified atom stereocenters. The molecular weight excluding hydrogens is 412 g/mol. The predicted molar refractivity (Wildman–Crippen MR) is 115 cm³/mol. The molecule has 4 aromatic rings. The molecule has 5 rings (SSSR count). The normalized spacial score (nSPS) is 12.6. The Labute approximate surface area is 181 Å². The summed E-state index contributed by atoms with van der Waals surface area (Å²) in [6.45, 7) is 1.67. The Morgan fingerprint density at radius 3 is 2.97 bits per heavy atom. The van der Waals surface area contributed by atoms with Gasteiger partial charge < -0.3 is 25.5 Å². The van der Waals surface area contributed by atoms with Crippen LogP contribution in [0.3, 0.4) is 0 Å². The van der Waals surface area contributed by atoms with Gasteiger partial charge in [-0.3, -0.25) is 4.79 Å². The van der Waals surface area contributed by atoms with Crippen LogP contribution in [0.1, 0.15) is 21.5 Å². The maximum atomic E-state index is 11.7. The summed E-state index contributed by atoms with van der Waals surface area (Å²) in [6.07, 6.45) is 1.45. The Hall–Kier alpha value is -4.78. The standard InChI is InChI=1S/C22H16N6O4/c1-11-14(22(30)31)3-2-4-15(11)26-21-19(27-20-13(8-23)9-24-28(20)21)12-5-6-17-16(7-12)25-18(29)10-32-17/h2-7,9,26-27H,10H2,1H3,(H,25,29)(H,30,31). The zero-order valence-corrected chi connectivity index (χ0v) is 16.8. The number of carbonyl (C=O) groups is 2. The van der Waals surface area contributed by atoms with Crippen LogP contribution in [0.25, 0.3) is 16.9 Å². The Morgan fingerprint density at radius 1 is 1.34 bits per heavy atom. The topological polar surface area (TPSA) is 145 Å². The van der Waals surface area contributed by atoms with Crippen molar-refractivity contribution in [1.29, 1.82) is 5.26 Å². The zero-order chi connectivity index (χ0) is 22.4. The molecule has 0 bridgehead atoms. The van der Waals surface area contributed by atoms with E-state index < -0.39 is 5.97 Å². The second kappa shape index (κ2) is 7.17. The van der Waals surface area contributed by atoms with Crippen molar-refractivity contribution in [2.75, 3.05) is 17.2 Å². The van der Waals surface area contributed by atoms with Gasteiger partial charge in [0.2, 0.25) is 0 Å². The maximum absolute atomic E-state index is 11.7. The molecular formula is C22H16N6O4. The van der Waals surface area contributed by atoms with Gasteiger partial charge in [-0.25, -0.2) is 4.79 Å². The number of ether oxygens (including phenoxy) is 1. The summed E-state index contributed by atoms with van der Waals surface area (Å²) in [4.78, 5) is 26.5. The van der Waals surface area contributed by atoms with Crippen LogP contribution in [0.2, 0.25) is 0 Å². The fourth-order valence-corrected chi connectivity index (χ4v) is 3.70. The number of benzene rings is 2. The van der Waals surface area contributed by atoms with Crippen LogP contribution in [0.15, 0.2) is 42.6 Å². The van der Waals surface area contributed by atoms with Crippen molar-refractivity contribution in [1.82, 2.24) is 14.6 Å². The minimum absolute atomic E-state index is 0.0415. The van der Waals surface area contributed by atoms with Crippen LogP contribution in [0, 0.1) is 18.3 Å². The van der Waals surface area contributed by atoms with Gasteiger partial charge in [-0.05, 0) is 42.8 Å². The van der Waals surface area contributed by atoms with E-state index in [0.29, 0.717) is 51.0 Å². The van der Waals surface area contributed by atoms with Crippen molar-refractivity contribution >= 4 is 34.7 Å². The molecule has 0 saturated heterocycles. The predicted octanol–water partition coefficient (Wildman–Crippen LogP) is 3.28. The molecule has 0 fully saturated rings. The number of anilines is 3. The third-order valence-corrected chi connectivity index (χ3v) is 5.30. The van der Waals surface area contributed by atoms with Gasteiger partial charge in [-0.2, -0.15) is 14.9 Å². The lowest BCUT2D eigenvalue weighted by molar-refractivity contribution is -0.118. The number of H-pyrrole nitrogens is 1. The molecule has 158 valence electrons. The molecule has 1 aliphatic rings. The van der Waals surface area contributed by atoms with E-state index in [9.17, 15) is 20.0 Å². The van der Waals surface area contributed by atoms with Crippen LogP contribution >= 0.6 is 0 Å². The van der Waals surface area contributed by atoms with Crippen molar-refractivity contribution in [2.24, 2.45) is 0 Å². The first-order chi connectivity index (χ1) is 15.5. The molecule has 0 aliphatic carbocycles. The third-order valence-electron chi connectivity index (χ3n) is 5.30. The fraction of sp³-hybridized carbons (Fsp3) is 0.0909. The Balaban J connectivity index is 1.67. The van der Waals surface area contributed by atoms with Crippen LogP contribution < -0.4 is 15.4 Å². The lowest BCUT2D eigenvalue weighted by Gasteiger charge is -2.18. The highest BCUT2D eigenvalue weighted by Gasteiger charge is 2.22. The number of hydrogen-bond donors (Lipinski definition) is 4. The van der Waals surface area contributed by atoms with E-state index in [2.05, 4.69) is 26.8 Å². The van der Waals surface area contributed by atoms with Gasteiger partial charge >= 0.3 is 5.97 Å². The van der Waals surface area contributed by atoms with E-state index in [0.717, 1.165) is 0 Å². The van der Waals surface area contributed by atoms with E-state index in [1.807, 2.05) is 6.07 Å². The largest absolute Gasteiger partial charge is 0.482 e. The highest BCUT2D eigenvalue weighted by atomic mass is 16.5. The quantitative estimate of drug-likeness (QED) is 0.390. The summed E-state index contributed by atoms with van der Waals surface area (Å²) < 4.78 is 6.98. The summed E-state index contributed by atoms with van der Waals surface area (Å²) in [7, 11) is 0. The van der Waals surface area contributed by atoms with Crippen molar-refractivity contribution in [3.8, 4) is 23.1 Å². The highest BCUT2D eigenvalue weighted by molar-refractivity contribution is 5.97. The van der Waals surface area contributed by atoms with Crippen molar-refractivity contribution < 1.29 is 19.4 Å². The highest BCUT2D eigenvalue weighted by Crippen LogP contribution is 2.37. The molecule has 1 amide bonds. The first-order valence-corrected chi connectivity index (χ1v) is 9.63. The second-order valence-electron chi connectivity index (χ2n) is 7.24. The number of carboxylic acid groups (broad SMARTS) is 1. The van der Waals surface area contributed by atoms with E-state index >= 15 is 0 Å². The first-order valence-electron chi connectivity index (χ1n) is 9.63. The summed E-state index contributed by atoms with van der Waals surface area (Å²) in [6, 6.07) is 12.4. The molecule has 10 heteroatoms. The van der Waals surface area contributed by atoms with E-state index in [4.69, 9.17) is 4.74 Å². The Kier molecular flexibility index (Phi) is 4.30. The SMILES string of the molecule is Cc1c(Nc2c(-c3ccc4c(c3)NC(=O)CO4)[nH]c3c(C#N)cnn23)cccc1C(=O)O. The molecule has 2 aromatic carbocycles. The Morgan fingerprint density at radius 2 is 2.19 bits per heavy atom. The molecule has 0 spiro atoms. The number of nitriles is 1. The number of rotatable bonds is 4. The number of carboxylic acids is 1. The number of nitrogens with one attached hydrogen (secondary N) is 3. The van der Waals surface area contributed by atoms with Gasteiger partial charge in [0.1, 0.15) is 17.4 Å². The average molecular weight is 428 g/mol. The van der Waals surface area contributed by atoms with Gasteiger partial charge in [0.25, 0.3) is 5.91 Å². The lowest BCUT2D eigenvalue weighted by atomic mass is 10.1. The van der Waals surface area contributed by atoms with Crippen LogP contribution in [0.4, 0.5) is 17.2 Å². The second-order valence-corrected chi connectivity index (χ2v) is 7.24. The molecule has 4 N–H and O–H groups in total. The Bertz CT molecular complexity index is 1460. The monoisotopic (exact) mass is 428 g/mol. The van der Waals surface area contributed by atoms with Crippen molar-refractivity contribution in [2.45, 2.75) is 6.92 Å². The number of aromatic amines is 1. The minimum atomic E-state index is -1.03. The molecule has 0 atom stereocenters. The first kappa shape index (κ1) is 19.2. The van der Waals surface area contributed by atoms with Crippen molar-refractivity contribution in [3.05, 3.63) is 59.3 Å². The zero-order valence-electron chi connectivity index (χ0n) is 16.8. The number of fused-ring (bicyclic) bond motifs is 2. The van der Waals surface area contributed by atoms with Crippen LogP contribution in [-0.4, -0.2) is 38.2 Å². The number of aromatic nitrogens is 3. The van der Waals surface area contributed by atoms with Crippen LogP contribution in [0.5, 0.6) is 5.75 Å². The fourth-order valence-electron chi connectivity index (χ4n) is 3.70. The van der Waals surface area contributed by atoms with Gasteiger partial charge in [-0.15, -0.1) is 0 Å². The van der Waals surface area contributed by atoms with Gasteiger partial charge in [0.05, 0.1) is 23.1 Å². The van der Waals surface area contributed by atoms with Gasteiger partial charge in [0, 0.05) is 11.3 Å². The molecule has 0 saturated carbocycles. The minimum Gasteiger partial charge on any atom is -0.482 e. The van der Waals surface area contributed by atoms with Gasteiger partial charge in [-0.1, -0.05) is 6.07 Å². The summed E-state index contributed by atoms with van der Waals surface area (Å²) in [5.74, 6) is -0.207. The molecule has 1 aliphatic heterocycles. The molecule has 2 aromatic heterocycles. The van der Waals surface area contributed by atoms with Crippen molar-refractivity contribution in [3.63, 3.8) is 0 Å². The number of nitrogens with zero attached hydrogens (tertiary/aromatic N) is 3. The number of aromatic carboxylic acids is 1. The van der Waals surface area contributed by atoms with E-state index in [1.165, 1.54) is 12.3 Å². The van der Waals surface area contributed by atoms with E-state index in [1.54, 1.807) is 35.7 Å². The third kappa shape index (κ3) is 3.00. The summed E-state index contributed by atoms with van der Waals surface area (Å²) in [5, 5.41) is 29.2. The van der Waals surface area contributed by atoms with Gasteiger partial charge in [0.15, 0.2) is 18.1 Å². The van der Waals surface area contributed by atoms with Crippen LogP contribution in [-0.2, 0) is 4.79 Å². The lowest BCUT2D eigenvalue weighted by Crippen LogP contribution is -2.25. The van der Waals surface area contributed by atoms with E-state index in [-0.39, 0.29) is 18.1 Å². The average Bonchev–Trinajstić information content (AvgIpc) is 3.34. The molecule has 32 heavy (non-hydrogen) atoms. The number of hydrogen-bond acceptors (Lipinski definition) is 6. The maximum Gasteiger partial charge on any atom is 0.336 e. The summed E-state index contributed by atoms with van der Waals surface area (Å²) in [5.41, 5.74) is 3.98. The number of amides is 1.